The number of morpholine rings is 1. The van der Waals surface area contributed by atoms with Crippen LogP contribution < -0.4 is 4.74 Å². The Morgan fingerprint density at radius 1 is 1.37 bits per heavy atom. The van der Waals surface area contributed by atoms with Crippen LogP contribution in [0.3, 0.4) is 0 Å². The molecule has 1 aliphatic rings. The van der Waals surface area contributed by atoms with Gasteiger partial charge in [0.05, 0.1) is 39.0 Å². The Morgan fingerprint density at radius 3 is 2.70 bits per heavy atom. The zero-order valence-corrected chi connectivity index (χ0v) is 16.5. The van der Waals surface area contributed by atoms with E-state index in [0.29, 0.717) is 6.54 Å². The highest BCUT2D eigenvalue weighted by Crippen LogP contribution is 2.25. The molecule has 0 N–H and O–H groups in total. The zero-order valence-electron chi connectivity index (χ0n) is 15.7. The first-order chi connectivity index (χ1) is 13.2. The Hall–Kier alpha value is -2.27. The van der Waals surface area contributed by atoms with Crippen LogP contribution in [0.1, 0.15) is 28.2 Å². The third kappa shape index (κ3) is 5.13. The minimum absolute atomic E-state index is 0.147. The fourth-order valence-corrected chi connectivity index (χ4v) is 3.88. The number of thiazole rings is 1. The molecule has 2 atom stereocenters. The maximum Gasteiger partial charge on any atom is 0.133 e. The molecule has 0 radical (unpaired) electrons. The van der Waals surface area contributed by atoms with Gasteiger partial charge < -0.3 is 9.47 Å². The fraction of sp³-hybridized carbons (Fsp3) is 0.450. The summed E-state index contributed by atoms with van der Waals surface area (Å²) in [7, 11) is 1.67. The molecule has 1 aromatic heterocycles. The molecule has 1 aliphatic heterocycles. The standard InChI is InChI=1S/C20H24N4O2S/c1-15-14-27-20(23-15)17(11-21)12-22-13-19(24-7-9-26-10-8-24)16-3-5-18(25-2)6-4-16/h3-6,12,14,17,19H,7-10,13H2,1-2H3/t17-,19+/m0/s1. The monoisotopic (exact) mass is 384 g/mol. The van der Waals surface area contributed by atoms with Gasteiger partial charge in [0.2, 0.25) is 0 Å². The predicted octanol–water partition coefficient (Wildman–Crippen LogP) is 3.21. The lowest BCUT2D eigenvalue weighted by atomic mass is 10.0. The summed E-state index contributed by atoms with van der Waals surface area (Å²) in [6.07, 6.45) is 1.73. The average molecular weight is 385 g/mol. The first-order valence-electron chi connectivity index (χ1n) is 8.98. The third-order valence-electron chi connectivity index (χ3n) is 4.56. The van der Waals surface area contributed by atoms with Crippen molar-refractivity contribution < 1.29 is 9.47 Å². The summed E-state index contributed by atoms with van der Waals surface area (Å²) in [4.78, 5) is 11.4. The van der Waals surface area contributed by atoms with E-state index in [-0.39, 0.29) is 6.04 Å². The van der Waals surface area contributed by atoms with E-state index in [0.717, 1.165) is 42.8 Å². The number of nitrogens with zero attached hydrogens (tertiary/aromatic N) is 4. The predicted molar refractivity (Wildman–Crippen MR) is 107 cm³/mol. The summed E-state index contributed by atoms with van der Waals surface area (Å²) >= 11 is 1.50. The third-order valence-corrected chi connectivity index (χ3v) is 5.61. The number of hydrogen-bond donors (Lipinski definition) is 0. The summed E-state index contributed by atoms with van der Waals surface area (Å²) in [6, 6.07) is 10.6. The quantitative estimate of drug-likeness (QED) is 0.686. The molecule has 142 valence electrons. The highest BCUT2D eigenvalue weighted by atomic mass is 32.1. The molecule has 0 spiro atoms. The molecule has 2 heterocycles. The second-order valence-electron chi connectivity index (χ2n) is 6.39. The molecule has 2 aromatic rings. The molecular formula is C20H24N4O2S. The number of aliphatic imine (C=N–C) groups is 1. The SMILES string of the molecule is COc1ccc([C@@H](CN=C[C@H](C#N)c2nc(C)cs2)N2CCOCC2)cc1. The van der Waals surface area contributed by atoms with E-state index in [1.807, 2.05) is 24.4 Å². The molecule has 1 aromatic carbocycles. The van der Waals surface area contributed by atoms with Crippen LogP contribution in [0.5, 0.6) is 5.75 Å². The van der Waals surface area contributed by atoms with Crippen molar-refractivity contribution in [3.63, 3.8) is 0 Å². The van der Waals surface area contributed by atoms with Crippen molar-refractivity contribution in [2.24, 2.45) is 4.99 Å². The minimum atomic E-state index is -0.398. The topological polar surface area (TPSA) is 70.7 Å². The van der Waals surface area contributed by atoms with Gasteiger partial charge in [0.1, 0.15) is 16.7 Å². The minimum Gasteiger partial charge on any atom is -0.497 e. The van der Waals surface area contributed by atoms with Gasteiger partial charge in [-0.2, -0.15) is 5.26 Å². The second kappa shape index (κ2) is 9.60. The molecule has 3 rings (SSSR count). The van der Waals surface area contributed by atoms with Crippen LogP contribution in [-0.4, -0.2) is 56.1 Å². The van der Waals surface area contributed by atoms with Crippen LogP contribution in [0.25, 0.3) is 0 Å². The van der Waals surface area contributed by atoms with Crippen molar-refractivity contribution >= 4 is 17.6 Å². The first kappa shape index (κ1) is 19.5. The summed E-state index contributed by atoms with van der Waals surface area (Å²) < 4.78 is 10.8. The highest BCUT2D eigenvalue weighted by Gasteiger charge is 2.22. The number of nitriles is 1. The van der Waals surface area contributed by atoms with E-state index in [2.05, 4.69) is 33.1 Å². The van der Waals surface area contributed by atoms with Gasteiger partial charge in [-0.05, 0) is 24.6 Å². The molecule has 0 bridgehead atoms. The summed E-state index contributed by atoms with van der Waals surface area (Å²) in [6.45, 7) is 5.74. The number of benzene rings is 1. The first-order valence-corrected chi connectivity index (χ1v) is 9.86. The van der Waals surface area contributed by atoms with E-state index in [1.165, 1.54) is 16.9 Å². The van der Waals surface area contributed by atoms with Gasteiger partial charge in [-0.15, -0.1) is 11.3 Å². The average Bonchev–Trinajstić information content (AvgIpc) is 3.15. The van der Waals surface area contributed by atoms with E-state index >= 15 is 0 Å². The maximum atomic E-state index is 9.46. The Bertz CT molecular complexity index is 791. The van der Waals surface area contributed by atoms with Crippen LogP contribution in [0.15, 0.2) is 34.6 Å². The van der Waals surface area contributed by atoms with Crippen LogP contribution in [0.2, 0.25) is 0 Å². The van der Waals surface area contributed by atoms with Gasteiger partial charge in [-0.3, -0.25) is 9.89 Å². The smallest absolute Gasteiger partial charge is 0.133 e. The molecule has 6 nitrogen and oxygen atoms in total. The van der Waals surface area contributed by atoms with E-state index < -0.39 is 5.92 Å². The van der Waals surface area contributed by atoms with Crippen LogP contribution in [-0.2, 0) is 4.74 Å². The fourth-order valence-electron chi connectivity index (χ4n) is 3.08. The summed E-state index contributed by atoms with van der Waals surface area (Å²) in [5, 5.41) is 12.2. The van der Waals surface area contributed by atoms with E-state index in [9.17, 15) is 5.26 Å². The lowest BCUT2D eigenvalue weighted by Crippen LogP contribution is -2.40. The summed E-state index contributed by atoms with van der Waals surface area (Å²) in [5.74, 6) is 0.441. The van der Waals surface area contributed by atoms with E-state index in [1.54, 1.807) is 13.3 Å². The largest absolute Gasteiger partial charge is 0.497 e. The zero-order chi connectivity index (χ0) is 19.1. The number of ether oxygens (including phenoxy) is 2. The molecule has 27 heavy (non-hydrogen) atoms. The van der Waals surface area contributed by atoms with Crippen molar-refractivity contribution in [3.05, 3.63) is 45.9 Å². The number of methoxy groups -OCH3 is 1. The molecule has 0 aliphatic carbocycles. The second-order valence-corrected chi connectivity index (χ2v) is 7.28. The Morgan fingerprint density at radius 2 is 2.11 bits per heavy atom. The number of aromatic nitrogens is 1. The normalized spacial score (nSPS) is 17.5. The molecule has 0 unspecified atom stereocenters. The molecule has 0 saturated carbocycles. The van der Waals surface area contributed by atoms with Gasteiger partial charge >= 0.3 is 0 Å². The highest BCUT2D eigenvalue weighted by molar-refractivity contribution is 7.09. The molecular weight excluding hydrogens is 360 g/mol. The van der Waals surface area contributed by atoms with Crippen LogP contribution in [0, 0.1) is 18.3 Å². The van der Waals surface area contributed by atoms with Gasteiger partial charge in [-0.25, -0.2) is 4.98 Å². The van der Waals surface area contributed by atoms with Crippen molar-refractivity contribution in [3.8, 4) is 11.8 Å². The van der Waals surface area contributed by atoms with Crippen molar-refractivity contribution in [1.82, 2.24) is 9.88 Å². The lowest BCUT2D eigenvalue weighted by Gasteiger charge is -2.34. The lowest BCUT2D eigenvalue weighted by molar-refractivity contribution is 0.0180. The maximum absolute atomic E-state index is 9.46. The number of rotatable bonds is 7. The molecule has 1 fully saturated rings. The summed E-state index contributed by atoms with van der Waals surface area (Å²) in [5.41, 5.74) is 2.13. The van der Waals surface area contributed by atoms with Gasteiger partial charge in [0, 0.05) is 30.4 Å². The van der Waals surface area contributed by atoms with Gasteiger partial charge in [0.25, 0.3) is 0 Å². The molecule has 1 saturated heterocycles. The molecule has 7 heteroatoms. The van der Waals surface area contributed by atoms with Gasteiger partial charge in [-0.1, -0.05) is 12.1 Å². The van der Waals surface area contributed by atoms with Crippen molar-refractivity contribution in [1.29, 1.82) is 5.26 Å². The Kier molecular flexibility index (Phi) is 6.93. The number of aryl methyl sites for hydroxylation is 1. The Labute approximate surface area is 164 Å². The van der Waals surface area contributed by atoms with Crippen molar-refractivity contribution in [2.75, 3.05) is 40.0 Å². The van der Waals surface area contributed by atoms with Crippen LogP contribution >= 0.6 is 11.3 Å². The van der Waals surface area contributed by atoms with Crippen LogP contribution in [0.4, 0.5) is 0 Å². The Balaban J connectivity index is 1.74. The van der Waals surface area contributed by atoms with E-state index in [4.69, 9.17) is 9.47 Å². The number of hydrogen-bond acceptors (Lipinski definition) is 7. The van der Waals surface area contributed by atoms with Crippen molar-refractivity contribution in [2.45, 2.75) is 18.9 Å². The molecule has 0 amide bonds. The van der Waals surface area contributed by atoms with Gasteiger partial charge in [0.15, 0.2) is 0 Å².